The van der Waals surface area contributed by atoms with Crippen LogP contribution in [0.1, 0.15) is 48.4 Å². The predicted octanol–water partition coefficient (Wildman–Crippen LogP) is 3.22. The van der Waals surface area contributed by atoms with Crippen molar-refractivity contribution in [2.45, 2.75) is 47.0 Å². The minimum atomic E-state index is -0.0923. The Bertz CT molecular complexity index is 853. The van der Waals surface area contributed by atoms with Gasteiger partial charge in [-0.2, -0.15) is 0 Å². The van der Waals surface area contributed by atoms with Crippen LogP contribution in [0.2, 0.25) is 0 Å². The number of para-hydroxylation sites is 1. The number of benzene rings is 2. The van der Waals surface area contributed by atoms with Crippen molar-refractivity contribution in [1.29, 1.82) is 0 Å². The third-order valence-corrected chi connectivity index (χ3v) is 5.24. The van der Waals surface area contributed by atoms with Gasteiger partial charge >= 0.3 is 0 Å². The van der Waals surface area contributed by atoms with Crippen LogP contribution >= 0.6 is 0 Å². The first-order valence-electron chi connectivity index (χ1n) is 10.3. The van der Waals surface area contributed by atoms with Gasteiger partial charge in [0, 0.05) is 11.4 Å². The summed E-state index contributed by atoms with van der Waals surface area (Å²) < 4.78 is 0. The van der Waals surface area contributed by atoms with Crippen molar-refractivity contribution in [2.75, 3.05) is 30.8 Å². The van der Waals surface area contributed by atoms with Gasteiger partial charge in [0.2, 0.25) is 0 Å². The molecule has 3 N–H and O–H groups in total. The van der Waals surface area contributed by atoms with Crippen molar-refractivity contribution in [2.24, 2.45) is 0 Å². The van der Waals surface area contributed by atoms with Crippen molar-refractivity contribution < 1.29 is 14.5 Å². The van der Waals surface area contributed by atoms with E-state index < -0.39 is 0 Å². The number of carbonyl (C=O) groups is 2. The third-order valence-electron chi connectivity index (χ3n) is 5.24. The van der Waals surface area contributed by atoms with E-state index in [2.05, 4.69) is 42.7 Å². The number of hydrogen-bond donors (Lipinski definition) is 3. The fourth-order valence-corrected chi connectivity index (χ4v) is 3.63. The summed E-state index contributed by atoms with van der Waals surface area (Å²) in [5.74, 6) is 0.197. The molecule has 2 atom stereocenters. The fourth-order valence-electron chi connectivity index (χ4n) is 3.63. The third kappa shape index (κ3) is 6.43. The molecule has 2 aromatic rings. The number of amides is 2. The number of nitrogens with one attached hydrogen (secondary N) is 3. The minimum Gasteiger partial charge on any atom is -0.322 e. The zero-order valence-corrected chi connectivity index (χ0v) is 18.5. The van der Waals surface area contributed by atoms with Crippen LogP contribution in [0.4, 0.5) is 11.4 Å². The van der Waals surface area contributed by atoms with E-state index in [1.54, 1.807) is 0 Å². The smallest absolute Gasteiger partial charge is 0.279 e. The average Bonchev–Trinajstić information content (AvgIpc) is 2.64. The van der Waals surface area contributed by atoms with Gasteiger partial charge in [-0.15, -0.1) is 0 Å². The van der Waals surface area contributed by atoms with Gasteiger partial charge in [0.05, 0.1) is 7.05 Å². The lowest BCUT2D eigenvalue weighted by molar-refractivity contribution is -0.862. The van der Waals surface area contributed by atoms with Gasteiger partial charge in [0.1, 0.15) is 0 Å². The van der Waals surface area contributed by atoms with Crippen LogP contribution in [0.25, 0.3) is 0 Å². The summed E-state index contributed by atoms with van der Waals surface area (Å²) in [7, 11) is 1.86. The summed E-state index contributed by atoms with van der Waals surface area (Å²) in [6.45, 7) is 10.8. The van der Waals surface area contributed by atoms with Crippen molar-refractivity contribution in [3.8, 4) is 0 Å². The summed E-state index contributed by atoms with van der Waals surface area (Å²) in [6.07, 6.45) is 1.01. The van der Waals surface area contributed by atoms with E-state index in [0.29, 0.717) is 5.92 Å². The molecule has 2 aromatic carbocycles. The number of carbonyl (C=O) groups excluding carboxylic acids is 2. The highest BCUT2D eigenvalue weighted by Gasteiger charge is 2.17. The zero-order valence-electron chi connectivity index (χ0n) is 18.5. The van der Waals surface area contributed by atoms with Crippen LogP contribution in [-0.2, 0) is 9.59 Å². The average molecular weight is 397 g/mol. The Morgan fingerprint density at radius 2 is 1.52 bits per heavy atom. The molecule has 0 radical (unpaired) electrons. The van der Waals surface area contributed by atoms with Crippen LogP contribution in [0.15, 0.2) is 36.4 Å². The van der Waals surface area contributed by atoms with Crippen LogP contribution in [0, 0.1) is 20.8 Å². The lowest BCUT2D eigenvalue weighted by Gasteiger charge is -2.18. The van der Waals surface area contributed by atoms with E-state index >= 15 is 0 Å². The van der Waals surface area contributed by atoms with Gasteiger partial charge in [-0.05, 0) is 55.9 Å². The number of rotatable bonds is 8. The van der Waals surface area contributed by atoms with Gasteiger partial charge in [0.15, 0.2) is 13.1 Å². The molecule has 2 amide bonds. The molecule has 0 fully saturated rings. The second-order valence-corrected chi connectivity index (χ2v) is 8.08. The molecule has 0 aromatic heterocycles. The quantitative estimate of drug-likeness (QED) is 0.642. The number of likely N-dealkylation sites (N-methyl/N-ethyl adjacent to an activating group) is 1. The highest BCUT2D eigenvalue weighted by atomic mass is 16.2. The molecule has 2 rings (SSSR count). The predicted molar refractivity (Wildman–Crippen MR) is 120 cm³/mol. The number of quaternary nitrogens is 1. The Balaban J connectivity index is 1.93. The molecule has 0 spiro atoms. The van der Waals surface area contributed by atoms with Gasteiger partial charge in [-0.3, -0.25) is 9.59 Å². The monoisotopic (exact) mass is 396 g/mol. The molecule has 29 heavy (non-hydrogen) atoms. The Labute approximate surface area is 174 Å². The van der Waals surface area contributed by atoms with E-state index in [4.69, 9.17) is 0 Å². The van der Waals surface area contributed by atoms with E-state index in [-0.39, 0.29) is 24.9 Å². The summed E-state index contributed by atoms with van der Waals surface area (Å²) >= 11 is 0. The Morgan fingerprint density at radius 1 is 0.966 bits per heavy atom. The SMILES string of the molecule is CC[C@@H](C)c1ccccc1NC(=O)C[NH+](C)CC(=O)Nc1c(C)cc(C)cc1C. The molecule has 0 aliphatic heterocycles. The van der Waals surface area contributed by atoms with E-state index in [1.165, 1.54) is 5.56 Å². The van der Waals surface area contributed by atoms with Gasteiger partial charge in [-0.25, -0.2) is 0 Å². The summed E-state index contributed by atoms with van der Waals surface area (Å²) in [5, 5.41) is 6.01. The van der Waals surface area contributed by atoms with E-state index in [1.807, 2.05) is 46.0 Å². The van der Waals surface area contributed by atoms with Crippen LogP contribution in [0.3, 0.4) is 0 Å². The maximum absolute atomic E-state index is 12.5. The lowest BCUT2D eigenvalue weighted by Crippen LogP contribution is -3.11. The molecule has 0 aliphatic rings. The summed E-state index contributed by atoms with van der Waals surface area (Å²) in [5.41, 5.74) is 6.13. The highest BCUT2D eigenvalue weighted by Crippen LogP contribution is 2.26. The second kappa shape index (κ2) is 10.2. The molecule has 5 heteroatoms. The molecular weight excluding hydrogens is 362 g/mol. The Kier molecular flexibility index (Phi) is 7.97. The van der Waals surface area contributed by atoms with Crippen LogP contribution < -0.4 is 15.5 Å². The Morgan fingerprint density at radius 3 is 2.10 bits per heavy atom. The minimum absolute atomic E-state index is 0.0891. The van der Waals surface area contributed by atoms with Crippen molar-refractivity contribution in [3.05, 3.63) is 58.7 Å². The molecule has 0 bridgehead atoms. The summed E-state index contributed by atoms with van der Waals surface area (Å²) in [6, 6.07) is 12.0. The topological polar surface area (TPSA) is 62.6 Å². The molecule has 1 unspecified atom stereocenters. The molecule has 0 heterocycles. The second-order valence-electron chi connectivity index (χ2n) is 8.08. The highest BCUT2D eigenvalue weighted by molar-refractivity contribution is 5.94. The van der Waals surface area contributed by atoms with Crippen molar-refractivity contribution in [3.63, 3.8) is 0 Å². The first-order chi connectivity index (χ1) is 13.7. The number of aryl methyl sites for hydroxylation is 3. The normalized spacial score (nSPS) is 12.9. The first kappa shape index (κ1) is 22.6. The first-order valence-corrected chi connectivity index (χ1v) is 10.3. The maximum atomic E-state index is 12.5. The van der Waals surface area contributed by atoms with Gasteiger partial charge in [0.25, 0.3) is 11.8 Å². The van der Waals surface area contributed by atoms with E-state index in [0.717, 1.165) is 39.4 Å². The molecule has 0 saturated carbocycles. The molecule has 5 nitrogen and oxygen atoms in total. The molecular formula is C24H34N3O2+. The summed E-state index contributed by atoms with van der Waals surface area (Å²) in [4.78, 5) is 25.8. The lowest BCUT2D eigenvalue weighted by atomic mass is 9.97. The molecule has 156 valence electrons. The zero-order chi connectivity index (χ0) is 21.6. The van der Waals surface area contributed by atoms with Crippen molar-refractivity contribution in [1.82, 2.24) is 0 Å². The largest absolute Gasteiger partial charge is 0.322 e. The molecule has 0 saturated heterocycles. The fraction of sp³-hybridized carbons (Fsp3) is 0.417. The van der Waals surface area contributed by atoms with Gasteiger partial charge in [-0.1, -0.05) is 49.7 Å². The Hall–Kier alpha value is -2.66. The maximum Gasteiger partial charge on any atom is 0.279 e. The molecule has 0 aliphatic carbocycles. The number of anilines is 2. The van der Waals surface area contributed by atoms with Gasteiger partial charge < -0.3 is 15.5 Å². The van der Waals surface area contributed by atoms with Crippen LogP contribution in [-0.4, -0.2) is 32.0 Å². The standard InChI is InChI=1S/C24H33N3O2/c1-7-17(3)20-10-8-9-11-21(20)25-22(28)14-27(6)15-23(29)26-24-18(4)12-16(2)13-19(24)5/h8-13,17H,7,14-15H2,1-6H3,(H,25,28)(H,26,29)/p+1/t17-/m1/s1. The van der Waals surface area contributed by atoms with E-state index in [9.17, 15) is 9.59 Å². The van der Waals surface area contributed by atoms with Crippen molar-refractivity contribution >= 4 is 23.2 Å². The number of hydrogen-bond acceptors (Lipinski definition) is 2. The van der Waals surface area contributed by atoms with Crippen LogP contribution in [0.5, 0.6) is 0 Å².